The highest BCUT2D eigenvalue weighted by Crippen LogP contribution is 2.35. The van der Waals surface area contributed by atoms with Gasteiger partial charge in [0.2, 0.25) is 6.08 Å². The topological polar surface area (TPSA) is 188 Å². The normalized spacial score (nSPS) is 12.5. The molecular formula is C68H80N8O8. The van der Waals surface area contributed by atoms with Crippen LogP contribution in [0.2, 0.25) is 0 Å². The summed E-state index contributed by atoms with van der Waals surface area (Å²) >= 11 is 0. The molecule has 0 atom stereocenters. The summed E-state index contributed by atoms with van der Waals surface area (Å²) < 4.78 is 17.8. The molecule has 2 aliphatic rings. The molecule has 0 unspecified atom stereocenters. The Balaban J connectivity index is 0.000000225. The minimum atomic E-state index is -0.301. The maximum atomic E-state index is 13.7. The number of nitrogens with one attached hydrogen (secondary N) is 2. The molecule has 16 nitrogen and oxygen atoms in total. The minimum Gasteiger partial charge on any atom is -0.496 e. The molecule has 2 saturated heterocycles. The van der Waals surface area contributed by atoms with Crippen LogP contribution in [0.1, 0.15) is 88.1 Å². The number of hydrogen-bond donors (Lipinski definition) is 3. The third-order valence-electron chi connectivity index (χ3n) is 14.1. The number of hydrogen-bond acceptors (Lipinski definition) is 12. The van der Waals surface area contributed by atoms with Gasteiger partial charge >= 0.3 is 6.03 Å². The molecule has 2 fully saturated rings. The van der Waals surface area contributed by atoms with E-state index in [0.717, 1.165) is 79.3 Å². The monoisotopic (exact) mass is 1140 g/mol. The van der Waals surface area contributed by atoms with Crippen LogP contribution < -0.4 is 35.5 Å². The lowest BCUT2D eigenvalue weighted by Gasteiger charge is -2.27. The highest BCUT2D eigenvalue weighted by Gasteiger charge is 2.24. The summed E-state index contributed by atoms with van der Waals surface area (Å²) in [6, 6.07) is 48.3. The smallest absolute Gasteiger partial charge is 0.326 e. The second-order valence-corrected chi connectivity index (χ2v) is 20.4. The number of carbonyl (C=O) groups excluding carboxylic acids is 5. The van der Waals surface area contributed by atoms with Crippen LogP contribution in [0.5, 0.6) is 28.7 Å². The zero-order chi connectivity index (χ0) is 60.2. The van der Waals surface area contributed by atoms with E-state index in [0.29, 0.717) is 77.3 Å². The van der Waals surface area contributed by atoms with Gasteiger partial charge in [0.15, 0.2) is 5.75 Å². The van der Waals surface area contributed by atoms with Gasteiger partial charge in [-0.25, -0.2) is 9.59 Å². The number of nitrogen functional groups attached to an aromatic ring is 1. The first-order valence-electron chi connectivity index (χ1n) is 28.6. The number of likely N-dealkylation sites (tertiary alicyclic amines) is 2. The van der Waals surface area contributed by atoms with Crippen molar-refractivity contribution in [1.82, 2.24) is 20.0 Å². The van der Waals surface area contributed by atoms with Gasteiger partial charge in [0.1, 0.15) is 29.3 Å². The van der Waals surface area contributed by atoms with Gasteiger partial charge in [-0.15, -0.1) is 0 Å². The molecule has 440 valence electrons. The second-order valence-electron chi connectivity index (χ2n) is 20.4. The maximum Gasteiger partial charge on any atom is 0.326 e. The van der Waals surface area contributed by atoms with Crippen LogP contribution in [-0.4, -0.2) is 111 Å². The fourth-order valence-corrected chi connectivity index (χ4v) is 9.46. The number of aliphatic imine (C=N–C) groups is 1. The molecule has 7 aromatic rings. The van der Waals surface area contributed by atoms with E-state index >= 15 is 0 Å². The number of anilines is 3. The fraction of sp³-hybridized carbons (Fsp3) is 0.309. The molecular weight excluding hydrogens is 1060 g/mol. The fourth-order valence-electron chi connectivity index (χ4n) is 9.46. The van der Waals surface area contributed by atoms with Crippen LogP contribution in [0.25, 0.3) is 0 Å². The van der Waals surface area contributed by atoms with Gasteiger partial charge in [-0.2, -0.15) is 4.99 Å². The number of carbonyl (C=O) groups is 4. The van der Waals surface area contributed by atoms with Crippen LogP contribution in [0.4, 0.5) is 27.5 Å². The molecule has 16 heteroatoms. The molecule has 0 aromatic heterocycles. The number of aldehydes is 1. The van der Waals surface area contributed by atoms with Crippen molar-refractivity contribution in [3.63, 3.8) is 0 Å². The molecule has 0 spiro atoms. The molecule has 0 radical (unpaired) electrons. The number of nitrogens with two attached hydrogens (primary N) is 1. The van der Waals surface area contributed by atoms with Crippen LogP contribution >= 0.6 is 0 Å². The summed E-state index contributed by atoms with van der Waals surface area (Å²) in [5, 5.41) is 5.96. The van der Waals surface area contributed by atoms with E-state index in [1.807, 2.05) is 136 Å². The summed E-state index contributed by atoms with van der Waals surface area (Å²) in [7, 11) is 1.67. The molecule has 4 N–H and O–H groups in total. The number of benzene rings is 7. The molecule has 2 aliphatic heterocycles. The van der Waals surface area contributed by atoms with Gasteiger partial charge < -0.3 is 50.1 Å². The van der Waals surface area contributed by atoms with Crippen LogP contribution in [0.3, 0.4) is 0 Å². The Labute approximate surface area is 495 Å². The standard InChI is InChI=1S/C30H36N4O3.C29H35N3O3.C7H5NO.C2H4O/c1-4-34(30(36)32-25-10-6-5-7-11-25)27-21-24(29(35)31-16-19-33-17-8-9-18-33)13-15-28(27)37-26-14-12-22(2)23(3)20-26;1-21-7-6-8-25(17-21)35-27-12-11-23(19-26(27)30)29(33)32(16-15-31-13-4-5-14-31)20-24-10-9-22(2)18-28(24)34-3;9-6-8-7-4-2-1-3-5-7;1-2-3/h5-7,10-15,20-21H,4,8-9,16-19H2,1-3H3,(H,31,35)(H,32,36);6-12,17-19H,4-5,13-16,20,30H2,1-3H3;1-5H;2H,1H3. The summed E-state index contributed by atoms with van der Waals surface area (Å²) in [5.74, 6) is 3.00. The Kier molecular flexibility index (Phi) is 25.8. The van der Waals surface area contributed by atoms with Crippen molar-refractivity contribution in [3.8, 4) is 28.7 Å². The lowest BCUT2D eigenvalue weighted by molar-refractivity contribution is -0.106. The van der Waals surface area contributed by atoms with E-state index in [-0.39, 0.29) is 17.8 Å². The Morgan fingerprint density at radius 2 is 1.29 bits per heavy atom. The Bertz CT molecular complexity index is 3290. The van der Waals surface area contributed by atoms with Crippen molar-refractivity contribution in [2.45, 2.75) is 73.8 Å². The number of ether oxygens (including phenoxy) is 3. The van der Waals surface area contributed by atoms with Crippen molar-refractivity contribution in [2.24, 2.45) is 4.99 Å². The molecule has 0 bridgehead atoms. The number of nitrogens with zero attached hydrogens (tertiary/aromatic N) is 5. The average Bonchev–Trinajstić information content (AvgIpc) is 3.56. The Hall–Kier alpha value is -9.08. The highest BCUT2D eigenvalue weighted by atomic mass is 16.5. The first kappa shape index (κ1) is 64.1. The van der Waals surface area contributed by atoms with Gasteiger partial charge in [-0.05, 0) is 207 Å². The zero-order valence-corrected chi connectivity index (χ0v) is 49.6. The number of amides is 4. The van der Waals surface area contributed by atoms with E-state index in [1.165, 1.54) is 44.3 Å². The summed E-state index contributed by atoms with van der Waals surface area (Å²) in [6.07, 6.45) is 7.09. The minimum absolute atomic E-state index is 0.0550. The second kappa shape index (κ2) is 33.7. The molecule has 2 heterocycles. The average molecular weight is 1140 g/mol. The predicted octanol–water partition coefficient (Wildman–Crippen LogP) is 13.3. The van der Waals surface area contributed by atoms with E-state index < -0.39 is 0 Å². The lowest BCUT2D eigenvalue weighted by atomic mass is 10.1. The summed E-state index contributed by atoms with van der Waals surface area (Å²) in [4.78, 5) is 70.1. The number of urea groups is 1. The van der Waals surface area contributed by atoms with Gasteiger partial charge in [0, 0.05) is 61.6 Å². The molecule has 84 heavy (non-hydrogen) atoms. The lowest BCUT2D eigenvalue weighted by Crippen LogP contribution is -2.37. The van der Waals surface area contributed by atoms with Crippen molar-refractivity contribution in [1.29, 1.82) is 0 Å². The quantitative estimate of drug-likeness (QED) is 0.0302. The molecule has 4 amide bonds. The third kappa shape index (κ3) is 20.1. The van der Waals surface area contributed by atoms with Crippen molar-refractivity contribution >= 4 is 53.0 Å². The number of isocyanates is 1. The largest absolute Gasteiger partial charge is 0.496 e. The number of methoxy groups -OCH3 is 1. The molecule has 0 saturated carbocycles. The van der Waals surface area contributed by atoms with E-state index in [1.54, 1.807) is 60.5 Å². The SMILES string of the molecule is CC=O.CCN(C(=O)Nc1ccccc1)c1cc(C(=O)NCCN2CCCC2)ccc1Oc1ccc(C)c(C)c1.COc1cc(C)ccc1CN(CCN1CCCC1)C(=O)c1ccc(Oc2cccc(C)c2)c(N)c1.O=C=Nc1ccccc1. The zero-order valence-electron chi connectivity index (χ0n) is 49.6. The first-order chi connectivity index (χ1) is 40.7. The van der Waals surface area contributed by atoms with E-state index in [4.69, 9.17) is 24.7 Å². The summed E-state index contributed by atoms with van der Waals surface area (Å²) in [5.41, 5.74) is 15.1. The van der Waals surface area contributed by atoms with Gasteiger partial charge in [0.25, 0.3) is 11.8 Å². The molecule has 9 rings (SSSR count). The Morgan fingerprint density at radius 3 is 1.92 bits per heavy atom. The predicted molar refractivity (Wildman–Crippen MR) is 335 cm³/mol. The number of aryl methyl sites for hydroxylation is 4. The highest BCUT2D eigenvalue weighted by molar-refractivity contribution is 6.04. The first-order valence-corrected chi connectivity index (χ1v) is 28.6. The molecule has 7 aromatic carbocycles. The van der Waals surface area contributed by atoms with Crippen LogP contribution in [0.15, 0.2) is 163 Å². The van der Waals surface area contributed by atoms with Gasteiger partial charge in [0.05, 0.1) is 24.2 Å². The van der Waals surface area contributed by atoms with Crippen molar-refractivity contribution < 1.29 is 38.2 Å². The van der Waals surface area contributed by atoms with Gasteiger partial charge in [-0.3, -0.25) is 14.5 Å². The summed E-state index contributed by atoms with van der Waals surface area (Å²) in [6.45, 7) is 19.6. The molecule has 0 aliphatic carbocycles. The van der Waals surface area contributed by atoms with E-state index in [9.17, 15) is 19.2 Å². The van der Waals surface area contributed by atoms with Crippen molar-refractivity contribution in [2.75, 3.05) is 82.0 Å². The Morgan fingerprint density at radius 1 is 0.667 bits per heavy atom. The van der Waals surface area contributed by atoms with E-state index in [2.05, 4.69) is 38.4 Å². The maximum absolute atomic E-state index is 13.7. The van der Waals surface area contributed by atoms with Crippen LogP contribution in [0, 0.1) is 27.7 Å². The van der Waals surface area contributed by atoms with Crippen molar-refractivity contribution in [3.05, 3.63) is 197 Å². The van der Waals surface area contributed by atoms with Gasteiger partial charge in [-0.1, -0.05) is 66.7 Å². The van der Waals surface area contributed by atoms with Crippen LogP contribution in [-0.2, 0) is 16.1 Å². The third-order valence-corrected chi connectivity index (χ3v) is 14.1. The number of rotatable bonds is 19. The number of para-hydroxylation sites is 2.